The summed E-state index contributed by atoms with van der Waals surface area (Å²) in [5, 5.41) is -0.0103. The summed E-state index contributed by atoms with van der Waals surface area (Å²) in [6.45, 7) is 4.00. The average Bonchev–Trinajstić information content (AvgIpc) is 2.85. The maximum absolute atomic E-state index is 11.9. The predicted molar refractivity (Wildman–Crippen MR) is 62.0 cm³/mol. The van der Waals surface area contributed by atoms with Gasteiger partial charge in [0.25, 0.3) is 10.0 Å². The van der Waals surface area contributed by atoms with Crippen LogP contribution < -0.4 is 4.72 Å². The smallest absolute Gasteiger partial charge is 0.261 e. The van der Waals surface area contributed by atoms with E-state index in [-0.39, 0.29) is 5.03 Å². The first-order valence-corrected chi connectivity index (χ1v) is 7.05. The van der Waals surface area contributed by atoms with Crippen molar-refractivity contribution in [2.75, 3.05) is 26.7 Å². The molecule has 0 bridgehead atoms. The SMILES string of the molecule is Cc1ocnc1S(=O)(=O)NCC1CCN(C)C1. The number of hydrogen-bond acceptors (Lipinski definition) is 5. The Morgan fingerprint density at radius 1 is 1.65 bits per heavy atom. The second-order valence-corrected chi connectivity index (χ2v) is 6.16. The molecule has 1 fully saturated rings. The number of hydrogen-bond donors (Lipinski definition) is 1. The van der Waals surface area contributed by atoms with Gasteiger partial charge in [0, 0.05) is 13.1 Å². The van der Waals surface area contributed by atoms with Crippen LogP contribution >= 0.6 is 0 Å². The standard InChI is InChI=1S/C10H17N3O3S/c1-8-10(11-7-16-8)17(14,15)12-5-9-3-4-13(2)6-9/h7,9,12H,3-6H2,1-2H3. The Morgan fingerprint density at radius 3 is 2.94 bits per heavy atom. The number of aromatic nitrogens is 1. The second kappa shape index (κ2) is 4.75. The van der Waals surface area contributed by atoms with Crippen LogP contribution in [0.5, 0.6) is 0 Å². The van der Waals surface area contributed by atoms with Crippen LogP contribution in [-0.2, 0) is 10.0 Å². The average molecular weight is 259 g/mol. The van der Waals surface area contributed by atoms with Gasteiger partial charge in [-0.15, -0.1) is 0 Å². The molecule has 17 heavy (non-hydrogen) atoms. The number of rotatable bonds is 4. The van der Waals surface area contributed by atoms with Gasteiger partial charge in [-0.3, -0.25) is 0 Å². The molecule has 6 nitrogen and oxygen atoms in total. The molecule has 0 aliphatic carbocycles. The highest BCUT2D eigenvalue weighted by atomic mass is 32.2. The zero-order valence-electron chi connectivity index (χ0n) is 10.0. The van der Waals surface area contributed by atoms with Crippen molar-refractivity contribution >= 4 is 10.0 Å². The van der Waals surface area contributed by atoms with E-state index in [0.717, 1.165) is 25.9 Å². The molecule has 1 aromatic rings. The van der Waals surface area contributed by atoms with Gasteiger partial charge in [-0.1, -0.05) is 0 Å². The lowest BCUT2D eigenvalue weighted by Crippen LogP contribution is -2.31. The van der Waals surface area contributed by atoms with Gasteiger partial charge in [0.15, 0.2) is 6.39 Å². The second-order valence-electron chi connectivity index (χ2n) is 4.48. The molecule has 7 heteroatoms. The van der Waals surface area contributed by atoms with Gasteiger partial charge in [0.2, 0.25) is 5.03 Å². The monoisotopic (exact) mass is 259 g/mol. The Kier molecular flexibility index (Phi) is 3.50. The molecule has 1 atom stereocenters. The summed E-state index contributed by atoms with van der Waals surface area (Å²) >= 11 is 0. The zero-order chi connectivity index (χ0) is 12.5. The summed E-state index contributed by atoms with van der Waals surface area (Å²) in [4.78, 5) is 5.91. The minimum atomic E-state index is -3.53. The third-order valence-electron chi connectivity index (χ3n) is 3.01. The van der Waals surface area contributed by atoms with E-state index in [1.807, 2.05) is 7.05 Å². The van der Waals surface area contributed by atoms with Crippen molar-refractivity contribution in [2.45, 2.75) is 18.4 Å². The molecule has 2 heterocycles. The van der Waals surface area contributed by atoms with Crippen LogP contribution in [0.25, 0.3) is 0 Å². The third-order valence-corrected chi connectivity index (χ3v) is 4.45. The van der Waals surface area contributed by atoms with E-state index in [1.54, 1.807) is 6.92 Å². The van der Waals surface area contributed by atoms with Gasteiger partial charge in [0.05, 0.1) is 0 Å². The van der Waals surface area contributed by atoms with E-state index in [2.05, 4.69) is 14.6 Å². The van der Waals surface area contributed by atoms with Crippen molar-refractivity contribution in [3.05, 3.63) is 12.2 Å². The first kappa shape index (κ1) is 12.5. The van der Waals surface area contributed by atoms with Crippen molar-refractivity contribution in [1.82, 2.24) is 14.6 Å². The normalized spacial score (nSPS) is 22.1. The Hall–Kier alpha value is -0.920. The van der Waals surface area contributed by atoms with E-state index in [0.29, 0.717) is 18.2 Å². The molecule has 1 N–H and O–H groups in total. The van der Waals surface area contributed by atoms with E-state index in [4.69, 9.17) is 4.42 Å². The summed E-state index contributed by atoms with van der Waals surface area (Å²) in [6, 6.07) is 0. The summed E-state index contributed by atoms with van der Waals surface area (Å²) in [6.07, 6.45) is 2.17. The highest BCUT2D eigenvalue weighted by Crippen LogP contribution is 2.15. The number of sulfonamides is 1. The first-order chi connectivity index (χ1) is 7.99. The molecule has 1 aliphatic heterocycles. The van der Waals surface area contributed by atoms with Gasteiger partial charge in [-0.05, 0) is 32.9 Å². The van der Waals surface area contributed by atoms with Crippen molar-refractivity contribution in [3.63, 3.8) is 0 Å². The molecule has 1 aromatic heterocycles. The molecule has 1 aliphatic rings. The number of likely N-dealkylation sites (tertiary alicyclic amines) is 1. The Balaban J connectivity index is 1.97. The molecule has 0 radical (unpaired) electrons. The van der Waals surface area contributed by atoms with Crippen molar-refractivity contribution < 1.29 is 12.8 Å². The van der Waals surface area contributed by atoms with Gasteiger partial charge < -0.3 is 9.32 Å². The van der Waals surface area contributed by atoms with Crippen molar-refractivity contribution in [3.8, 4) is 0 Å². The lowest BCUT2D eigenvalue weighted by atomic mass is 10.1. The fraction of sp³-hybridized carbons (Fsp3) is 0.700. The first-order valence-electron chi connectivity index (χ1n) is 5.57. The van der Waals surface area contributed by atoms with Crippen LogP contribution in [0.3, 0.4) is 0 Å². The molecular weight excluding hydrogens is 242 g/mol. The fourth-order valence-electron chi connectivity index (χ4n) is 2.04. The van der Waals surface area contributed by atoms with E-state index in [1.165, 1.54) is 0 Å². The highest BCUT2D eigenvalue weighted by molar-refractivity contribution is 7.89. The van der Waals surface area contributed by atoms with E-state index >= 15 is 0 Å². The molecule has 0 aromatic carbocycles. The fourth-order valence-corrected chi connectivity index (χ4v) is 3.24. The molecule has 2 rings (SSSR count). The molecule has 1 unspecified atom stereocenters. The number of oxazole rings is 1. The van der Waals surface area contributed by atoms with Gasteiger partial charge in [-0.2, -0.15) is 0 Å². The number of aryl methyl sites for hydroxylation is 1. The topological polar surface area (TPSA) is 75.4 Å². The van der Waals surface area contributed by atoms with Gasteiger partial charge in [-0.25, -0.2) is 18.1 Å². The molecule has 0 amide bonds. The lowest BCUT2D eigenvalue weighted by molar-refractivity contribution is 0.394. The highest BCUT2D eigenvalue weighted by Gasteiger charge is 2.25. The minimum Gasteiger partial charge on any atom is -0.447 e. The lowest BCUT2D eigenvalue weighted by Gasteiger charge is -2.11. The van der Waals surface area contributed by atoms with Gasteiger partial charge in [0.1, 0.15) is 5.76 Å². The van der Waals surface area contributed by atoms with Crippen LogP contribution in [0.1, 0.15) is 12.2 Å². The molecule has 96 valence electrons. The van der Waals surface area contributed by atoms with Crippen LogP contribution in [-0.4, -0.2) is 45.0 Å². The summed E-state index contributed by atoms with van der Waals surface area (Å²) < 4.78 is 31.3. The van der Waals surface area contributed by atoms with Crippen LogP contribution in [0.2, 0.25) is 0 Å². The summed E-state index contributed by atoms with van der Waals surface area (Å²) in [7, 11) is -1.49. The van der Waals surface area contributed by atoms with Crippen molar-refractivity contribution in [2.24, 2.45) is 5.92 Å². The molecule has 0 saturated carbocycles. The van der Waals surface area contributed by atoms with Crippen LogP contribution in [0.4, 0.5) is 0 Å². The third kappa shape index (κ3) is 2.85. The Morgan fingerprint density at radius 2 is 2.41 bits per heavy atom. The summed E-state index contributed by atoms with van der Waals surface area (Å²) in [5.41, 5.74) is 0. The number of nitrogens with one attached hydrogen (secondary N) is 1. The predicted octanol–water partition coefficient (Wildman–Crippen LogP) is 0.213. The maximum Gasteiger partial charge on any atom is 0.261 e. The molecular formula is C10H17N3O3S. The van der Waals surface area contributed by atoms with E-state index in [9.17, 15) is 8.42 Å². The molecule has 0 spiro atoms. The summed E-state index contributed by atoms with van der Waals surface area (Å²) in [5.74, 6) is 0.697. The van der Waals surface area contributed by atoms with Crippen LogP contribution in [0, 0.1) is 12.8 Å². The van der Waals surface area contributed by atoms with E-state index < -0.39 is 10.0 Å². The maximum atomic E-state index is 11.9. The zero-order valence-corrected chi connectivity index (χ0v) is 10.8. The molecule has 1 saturated heterocycles. The Bertz CT molecular complexity index is 483. The van der Waals surface area contributed by atoms with Gasteiger partial charge >= 0.3 is 0 Å². The van der Waals surface area contributed by atoms with Crippen molar-refractivity contribution in [1.29, 1.82) is 0 Å². The minimum absolute atomic E-state index is 0.0103. The Labute approximate surface area is 101 Å². The quantitative estimate of drug-likeness (QED) is 0.836. The largest absolute Gasteiger partial charge is 0.447 e. The number of nitrogens with zero attached hydrogens (tertiary/aromatic N) is 2. The van der Waals surface area contributed by atoms with Crippen LogP contribution in [0.15, 0.2) is 15.8 Å².